The summed E-state index contributed by atoms with van der Waals surface area (Å²) >= 11 is 0. The van der Waals surface area contributed by atoms with Crippen LogP contribution in [0, 0.1) is 5.92 Å². The van der Waals surface area contributed by atoms with E-state index in [1.807, 2.05) is 0 Å². The van der Waals surface area contributed by atoms with Gasteiger partial charge < -0.3 is 0 Å². The van der Waals surface area contributed by atoms with Crippen LogP contribution in [0.1, 0.15) is 55.7 Å². The summed E-state index contributed by atoms with van der Waals surface area (Å²) in [6, 6.07) is 7.12. The fourth-order valence-corrected chi connectivity index (χ4v) is 4.96. The van der Waals surface area contributed by atoms with E-state index in [-0.39, 0.29) is 0 Å². The Morgan fingerprint density at radius 3 is 3.00 bits per heavy atom. The molecule has 1 aromatic rings. The Bertz CT molecular complexity index is 523. The summed E-state index contributed by atoms with van der Waals surface area (Å²) in [6.45, 7) is 2.31. The molecule has 1 saturated carbocycles. The number of hydrogen-bond acceptors (Lipinski definition) is 0. The van der Waals surface area contributed by atoms with Gasteiger partial charge in [0.2, 0.25) is 0 Å². The number of benzene rings is 1. The van der Waals surface area contributed by atoms with Crippen LogP contribution in [0.5, 0.6) is 0 Å². The first-order valence-corrected chi connectivity index (χ1v) is 7.62. The van der Waals surface area contributed by atoms with Gasteiger partial charge in [-0.2, -0.15) is 0 Å². The van der Waals surface area contributed by atoms with E-state index >= 15 is 0 Å². The second kappa shape index (κ2) is 3.73. The van der Waals surface area contributed by atoms with Gasteiger partial charge in [-0.1, -0.05) is 36.8 Å². The van der Waals surface area contributed by atoms with Crippen molar-refractivity contribution in [3.05, 3.63) is 46.5 Å². The van der Waals surface area contributed by atoms with Gasteiger partial charge in [-0.15, -0.1) is 0 Å². The Balaban J connectivity index is 1.89. The first-order chi connectivity index (χ1) is 8.83. The summed E-state index contributed by atoms with van der Waals surface area (Å²) in [5.41, 5.74) is 7.38. The number of fused-ring (bicyclic) bond motifs is 5. The zero-order valence-corrected chi connectivity index (χ0v) is 11.3. The van der Waals surface area contributed by atoms with Crippen LogP contribution >= 0.6 is 0 Å². The van der Waals surface area contributed by atoms with E-state index in [4.69, 9.17) is 0 Å². The maximum Gasteiger partial charge on any atom is 0.00273 e. The molecule has 1 aromatic carbocycles. The third-order valence-corrected chi connectivity index (χ3v) is 5.76. The number of aryl methyl sites for hydroxylation is 1. The molecule has 18 heavy (non-hydrogen) atoms. The van der Waals surface area contributed by atoms with Gasteiger partial charge in [0, 0.05) is 5.41 Å². The van der Waals surface area contributed by atoms with Crippen molar-refractivity contribution in [2.75, 3.05) is 0 Å². The molecule has 4 rings (SSSR count). The number of allylic oxidation sites excluding steroid dienone is 2. The molecule has 3 aliphatic rings. The minimum atomic E-state index is 0.544. The van der Waals surface area contributed by atoms with Crippen molar-refractivity contribution in [1.29, 1.82) is 0 Å². The Kier molecular flexibility index (Phi) is 2.24. The Hall–Kier alpha value is -1.04. The highest BCUT2D eigenvalue weighted by Gasteiger charge is 2.49. The second-order valence-corrected chi connectivity index (χ2v) is 6.48. The zero-order chi connectivity index (χ0) is 12.2. The summed E-state index contributed by atoms with van der Waals surface area (Å²) in [6.07, 6.45) is 12.0. The predicted octanol–water partition coefficient (Wildman–Crippen LogP) is 4.56. The first-order valence-electron chi connectivity index (χ1n) is 7.62. The van der Waals surface area contributed by atoms with Crippen LogP contribution in [-0.2, 0) is 18.3 Å². The van der Waals surface area contributed by atoms with Gasteiger partial charge in [-0.25, -0.2) is 0 Å². The van der Waals surface area contributed by atoms with Crippen molar-refractivity contribution in [1.82, 2.24) is 0 Å². The lowest BCUT2D eigenvalue weighted by Crippen LogP contribution is -2.35. The summed E-state index contributed by atoms with van der Waals surface area (Å²) in [5, 5.41) is 0. The standard InChI is InChI=1S/C18H22/c1-2-14-5-3-7-17-16(14)6-4-10-18(17)12-13-8-9-15(18)11-13/h3,5,7-8,15H,2,4,6,9-12H2,1H3. The second-order valence-electron chi connectivity index (χ2n) is 6.48. The van der Waals surface area contributed by atoms with E-state index in [1.165, 1.54) is 44.9 Å². The Labute approximate surface area is 110 Å². The molecule has 0 radical (unpaired) electrons. The number of hydrogen-bond donors (Lipinski definition) is 0. The van der Waals surface area contributed by atoms with E-state index in [2.05, 4.69) is 31.2 Å². The zero-order valence-electron chi connectivity index (χ0n) is 11.3. The smallest absolute Gasteiger partial charge is 0.00273 e. The van der Waals surface area contributed by atoms with Gasteiger partial charge in [0.1, 0.15) is 0 Å². The summed E-state index contributed by atoms with van der Waals surface area (Å²) in [4.78, 5) is 0. The van der Waals surface area contributed by atoms with E-state index in [1.54, 1.807) is 22.3 Å². The maximum atomic E-state index is 2.52. The topological polar surface area (TPSA) is 0 Å². The fraction of sp³-hybridized carbons (Fsp3) is 0.556. The van der Waals surface area contributed by atoms with Crippen LogP contribution in [0.2, 0.25) is 0 Å². The predicted molar refractivity (Wildman–Crippen MR) is 75.9 cm³/mol. The average Bonchev–Trinajstić information content (AvgIpc) is 3.00. The van der Waals surface area contributed by atoms with E-state index in [0.717, 1.165) is 5.92 Å². The van der Waals surface area contributed by atoms with Crippen LogP contribution in [0.3, 0.4) is 0 Å². The first kappa shape index (κ1) is 10.8. The third kappa shape index (κ3) is 1.27. The molecule has 0 saturated heterocycles. The monoisotopic (exact) mass is 238 g/mol. The van der Waals surface area contributed by atoms with Crippen molar-refractivity contribution in [3.63, 3.8) is 0 Å². The van der Waals surface area contributed by atoms with Gasteiger partial charge in [0.15, 0.2) is 0 Å². The molecule has 2 atom stereocenters. The third-order valence-electron chi connectivity index (χ3n) is 5.76. The molecule has 0 heterocycles. The normalized spacial score (nSPS) is 32.7. The van der Waals surface area contributed by atoms with Crippen LogP contribution in [0.25, 0.3) is 0 Å². The molecular weight excluding hydrogens is 216 g/mol. The molecule has 2 bridgehead atoms. The molecular formula is C18H22. The molecule has 0 aromatic heterocycles. The fourth-order valence-electron chi connectivity index (χ4n) is 4.96. The lowest BCUT2D eigenvalue weighted by atomic mass is 9.62. The quantitative estimate of drug-likeness (QED) is 0.629. The summed E-state index contributed by atoms with van der Waals surface area (Å²) in [5.74, 6) is 0.929. The maximum absolute atomic E-state index is 2.52. The Morgan fingerprint density at radius 2 is 2.28 bits per heavy atom. The molecule has 1 fully saturated rings. The van der Waals surface area contributed by atoms with E-state index in [9.17, 15) is 0 Å². The minimum absolute atomic E-state index is 0.544. The molecule has 0 amide bonds. The highest BCUT2D eigenvalue weighted by atomic mass is 14.5. The van der Waals surface area contributed by atoms with Gasteiger partial charge >= 0.3 is 0 Å². The van der Waals surface area contributed by atoms with Gasteiger partial charge in [-0.3, -0.25) is 0 Å². The lowest BCUT2D eigenvalue weighted by molar-refractivity contribution is 0.269. The largest absolute Gasteiger partial charge is 0.0850 e. The molecule has 1 spiro atoms. The molecule has 0 heteroatoms. The van der Waals surface area contributed by atoms with Crippen molar-refractivity contribution < 1.29 is 0 Å². The molecule has 0 aliphatic heterocycles. The molecule has 94 valence electrons. The average molecular weight is 238 g/mol. The van der Waals surface area contributed by atoms with Crippen molar-refractivity contribution in [2.24, 2.45) is 5.92 Å². The SMILES string of the molecule is CCc1cccc2c1CCCC21CC2=CCC1C2. The van der Waals surface area contributed by atoms with Crippen LogP contribution < -0.4 is 0 Å². The summed E-state index contributed by atoms with van der Waals surface area (Å²) in [7, 11) is 0. The van der Waals surface area contributed by atoms with Gasteiger partial charge in [-0.05, 0) is 67.6 Å². The van der Waals surface area contributed by atoms with E-state index < -0.39 is 0 Å². The molecule has 0 nitrogen and oxygen atoms in total. The van der Waals surface area contributed by atoms with Gasteiger partial charge in [0.25, 0.3) is 0 Å². The van der Waals surface area contributed by atoms with Crippen LogP contribution in [0.15, 0.2) is 29.8 Å². The minimum Gasteiger partial charge on any atom is -0.0850 e. The molecule has 0 N–H and O–H groups in total. The highest BCUT2D eigenvalue weighted by Crippen LogP contribution is 2.58. The van der Waals surface area contributed by atoms with Crippen LogP contribution in [-0.4, -0.2) is 0 Å². The van der Waals surface area contributed by atoms with E-state index in [0.29, 0.717) is 5.41 Å². The number of rotatable bonds is 1. The highest BCUT2D eigenvalue weighted by molar-refractivity contribution is 5.47. The van der Waals surface area contributed by atoms with Crippen molar-refractivity contribution in [2.45, 2.75) is 57.3 Å². The van der Waals surface area contributed by atoms with Crippen molar-refractivity contribution >= 4 is 0 Å². The van der Waals surface area contributed by atoms with Crippen LogP contribution in [0.4, 0.5) is 0 Å². The molecule has 3 aliphatic carbocycles. The summed E-state index contributed by atoms with van der Waals surface area (Å²) < 4.78 is 0. The molecule has 2 unspecified atom stereocenters. The van der Waals surface area contributed by atoms with Gasteiger partial charge in [0.05, 0.1) is 0 Å². The lowest BCUT2D eigenvalue weighted by Gasteiger charge is -2.42. The van der Waals surface area contributed by atoms with Crippen molar-refractivity contribution in [3.8, 4) is 0 Å². The Morgan fingerprint density at radius 1 is 1.33 bits per heavy atom.